The third kappa shape index (κ3) is 3.83. The van der Waals surface area contributed by atoms with Crippen LogP contribution in [0.3, 0.4) is 0 Å². The van der Waals surface area contributed by atoms with Gasteiger partial charge in [-0.2, -0.15) is 0 Å². The average Bonchev–Trinajstić information content (AvgIpc) is 3.00. The number of nitrogens with one attached hydrogen (secondary N) is 1. The third-order valence-electron chi connectivity index (χ3n) is 4.41. The van der Waals surface area contributed by atoms with Gasteiger partial charge in [-0.3, -0.25) is 9.78 Å². The lowest BCUT2D eigenvalue weighted by atomic mass is 9.83. The van der Waals surface area contributed by atoms with E-state index >= 15 is 0 Å². The maximum absolute atomic E-state index is 12.4. The van der Waals surface area contributed by atoms with Gasteiger partial charge >= 0.3 is 0 Å². The lowest BCUT2D eigenvalue weighted by molar-refractivity contribution is 0.0928. The second kappa shape index (κ2) is 7.24. The van der Waals surface area contributed by atoms with E-state index in [2.05, 4.69) is 29.1 Å². The van der Waals surface area contributed by atoms with Crippen LogP contribution in [0.5, 0.6) is 0 Å². The van der Waals surface area contributed by atoms with Crippen molar-refractivity contribution in [1.82, 2.24) is 10.3 Å². The molecule has 2 N–H and O–H groups in total. The first-order chi connectivity index (χ1) is 10.2. The highest BCUT2D eigenvalue weighted by atomic mass is 16.2. The second-order valence-electron chi connectivity index (χ2n) is 5.62. The first-order valence-electron chi connectivity index (χ1n) is 7.53. The summed E-state index contributed by atoms with van der Waals surface area (Å²) in [7, 11) is 0. The van der Waals surface area contributed by atoms with Crippen LogP contribution >= 0.6 is 0 Å². The Morgan fingerprint density at radius 1 is 1.48 bits per heavy atom. The van der Waals surface area contributed by atoms with E-state index in [-0.39, 0.29) is 17.9 Å². The Labute approximate surface area is 126 Å². The van der Waals surface area contributed by atoms with Crippen molar-refractivity contribution in [2.75, 3.05) is 13.2 Å². The summed E-state index contributed by atoms with van der Waals surface area (Å²) in [6, 6.07) is 1.67. The van der Waals surface area contributed by atoms with Crippen molar-refractivity contribution >= 4 is 5.91 Å². The van der Waals surface area contributed by atoms with Crippen LogP contribution in [0.25, 0.3) is 0 Å². The minimum absolute atomic E-state index is 0.112. The molecule has 0 radical (unpaired) electrons. The predicted octanol–water partition coefficient (Wildman–Crippen LogP) is 2.13. The largest absolute Gasteiger partial charge is 0.384 e. The maximum atomic E-state index is 12.4. The molecule has 4 nitrogen and oxygen atoms in total. The highest BCUT2D eigenvalue weighted by Gasteiger charge is 2.32. The van der Waals surface area contributed by atoms with Crippen LogP contribution in [0, 0.1) is 17.3 Å². The number of aliphatic hydroxyl groups excluding tert-OH is 1. The predicted molar refractivity (Wildman–Crippen MR) is 81.7 cm³/mol. The van der Waals surface area contributed by atoms with E-state index in [1.165, 1.54) is 25.7 Å². The van der Waals surface area contributed by atoms with Crippen molar-refractivity contribution in [1.29, 1.82) is 0 Å². The Bertz CT molecular complexity index is 551. The standard InChI is InChI=1S/C17H22N2O2/c1-2-17(8-3-4-9-17)13-19-16(21)15-7-10-18-12-14(15)6-5-11-20/h7,10,12,20H,2-4,8-9,11,13H2,1H3,(H,19,21). The van der Waals surface area contributed by atoms with Crippen LogP contribution in [0.2, 0.25) is 0 Å². The summed E-state index contributed by atoms with van der Waals surface area (Å²) in [6.07, 6.45) is 9.14. The number of hydrogen-bond donors (Lipinski definition) is 2. The molecule has 21 heavy (non-hydrogen) atoms. The molecule has 1 aliphatic rings. The van der Waals surface area contributed by atoms with E-state index in [1.807, 2.05) is 0 Å². The summed E-state index contributed by atoms with van der Waals surface area (Å²) in [5, 5.41) is 11.8. The van der Waals surface area contributed by atoms with Gasteiger partial charge < -0.3 is 10.4 Å². The molecule has 1 heterocycles. The van der Waals surface area contributed by atoms with E-state index in [1.54, 1.807) is 18.5 Å². The van der Waals surface area contributed by atoms with E-state index in [9.17, 15) is 4.79 Å². The van der Waals surface area contributed by atoms with Gasteiger partial charge in [0.25, 0.3) is 5.91 Å². The lowest BCUT2D eigenvalue weighted by Crippen LogP contribution is -2.35. The SMILES string of the molecule is CCC1(CNC(=O)c2ccncc2C#CCO)CCCC1. The third-order valence-corrected chi connectivity index (χ3v) is 4.41. The van der Waals surface area contributed by atoms with Gasteiger partial charge in [0.1, 0.15) is 6.61 Å². The van der Waals surface area contributed by atoms with E-state index < -0.39 is 0 Å². The highest BCUT2D eigenvalue weighted by Crippen LogP contribution is 2.40. The number of aliphatic hydroxyl groups is 1. The molecule has 1 amide bonds. The molecule has 1 aromatic heterocycles. The molecule has 0 spiro atoms. The number of carbonyl (C=O) groups is 1. The molecule has 112 valence electrons. The number of amides is 1. The first kappa shape index (κ1) is 15.5. The van der Waals surface area contributed by atoms with Gasteiger partial charge in [0.15, 0.2) is 0 Å². The normalized spacial score (nSPS) is 16.1. The summed E-state index contributed by atoms with van der Waals surface area (Å²) in [5.74, 6) is 5.22. The molecule has 0 saturated heterocycles. The van der Waals surface area contributed by atoms with Crippen LogP contribution < -0.4 is 5.32 Å². The van der Waals surface area contributed by atoms with E-state index in [0.717, 1.165) is 13.0 Å². The number of carbonyl (C=O) groups excluding carboxylic acids is 1. The van der Waals surface area contributed by atoms with E-state index in [0.29, 0.717) is 11.1 Å². The van der Waals surface area contributed by atoms with Crippen molar-refractivity contribution in [3.05, 3.63) is 29.6 Å². The van der Waals surface area contributed by atoms with Crippen LogP contribution in [0.1, 0.15) is 54.9 Å². The monoisotopic (exact) mass is 286 g/mol. The molecule has 0 unspecified atom stereocenters. The zero-order valence-corrected chi connectivity index (χ0v) is 12.5. The van der Waals surface area contributed by atoms with Crippen LogP contribution in [0.4, 0.5) is 0 Å². The summed E-state index contributed by atoms with van der Waals surface area (Å²) in [6.45, 7) is 2.69. The average molecular weight is 286 g/mol. The summed E-state index contributed by atoms with van der Waals surface area (Å²) >= 11 is 0. The fourth-order valence-electron chi connectivity index (χ4n) is 2.97. The smallest absolute Gasteiger partial charge is 0.252 e. The first-order valence-corrected chi connectivity index (χ1v) is 7.53. The van der Waals surface area contributed by atoms with Crippen molar-refractivity contribution in [2.45, 2.75) is 39.0 Å². The lowest BCUT2D eigenvalue weighted by Gasteiger charge is -2.27. The zero-order chi connectivity index (χ0) is 15.1. The minimum atomic E-state index is -0.227. The van der Waals surface area contributed by atoms with Gasteiger partial charge in [-0.1, -0.05) is 31.6 Å². The van der Waals surface area contributed by atoms with Crippen molar-refractivity contribution in [2.24, 2.45) is 5.41 Å². The Morgan fingerprint density at radius 3 is 2.90 bits per heavy atom. The summed E-state index contributed by atoms with van der Waals surface area (Å²) in [5.41, 5.74) is 1.34. The van der Waals surface area contributed by atoms with Crippen molar-refractivity contribution in [3.63, 3.8) is 0 Å². The van der Waals surface area contributed by atoms with Gasteiger partial charge in [-0.15, -0.1) is 0 Å². The zero-order valence-electron chi connectivity index (χ0n) is 12.5. The summed E-state index contributed by atoms with van der Waals surface area (Å²) in [4.78, 5) is 16.4. The molecular formula is C17H22N2O2. The van der Waals surface area contributed by atoms with Gasteiger partial charge in [0.05, 0.1) is 11.1 Å². The number of hydrogen-bond acceptors (Lipinski definition) is 3. The Balaban J connectivity index is 2.07. The van der Waals surface area contributed by atoms with Gasteiger partial charge in [-0.25, -0.2) is 0 Å². The number of rotatable bonds is 4. The Morgan fingerprint density at radius 2 is 2.24 bits per heavy atom. The molecule has 0 aliphatic heterocycles. The topological polar surface area (TPSA) is 62.2 Å². The number of nitrogens with zero attached hydrogens (tertiary/aromatic N) is 1. The van der Waals surface area contributed by atoms with E-state index in [4.69, 9.17) is 5.11 Å². The van der Waals surface area contributed by atoms with Crippen molar-refractivity contribution in [3.8, 4) is 11.8 Å². The number of pyridine rings is 1. The number of aromatic nitrogens is 1. The second-order valence-corrected chi connectivity index (χ2v) is 5.62. The molecule has 4 heteroatoms. The molecule has 0 bridgehead atoms. The van der Waals surface area contributed by atoms with Gasteiger partial charge in [0, 0.05) is 18.9 Å². The Kier molecular flexibility index (Phi) is 5.35. The quantitative estimate of drug-likeness (QED) is 0.833. The van der Waals surface area contributed by atoms with Crippen LogP contribution in [0.15, 0.2) is 18.5 Å². The van der Waals surface area contributed by atoms with Crippen LogP contribution in [-0.4, -0.2) is 29.1 Å². The molecule has 1 saturated carbocycles. The maximum Gasteiger partial charge on any atom is 0.252 e. The fraction of sp³-hybridized carbons (Fsp3) is 0.529. The van der Waals surface area contributed by atoms with Crippen molar-refractivity contribution < 1.29 is 9.90 Å². The Hall–Kier alpha value is -1.86. The van der Waals surface area contributed by atoms with Crippen LogP contribution in [-0.2, 0) is 0 Å². The molecule has 0 atom stereocenters. The molecule has 2 rings (SSSR count). The molecular weight excluding hydrogens is 264 g/mol. The minimum Gasteiger partial charge on any atom is -0.384 e. The van der Waals surface area contributed by atoms with Gasteiger partial charge in [0.2, 0.25) is 0 Å². The van der Waals surface area contributed by atoms with Gasteiger partial charge in [-0.05, 0) is 30.7 Å². The molecule has 0 aromatic carbocycles. The highest BCUT2D eigenvalue weighted by molar-refractivity contribution is 5.96. The fourth-order valence-corrected chi connectivity index (χ4v) is 2.97. The molecule has 1 aromatic rings. The molecule has 1 aliphatic carbocycles. The summed E-state index contributed by atoms with van der Waals surface area (Å²) < 4.78 is 0. The molecule has 1 fully saturated rings.